The monoisotopic (exact) mass is 704 g/mol. The summed E-state index contributed by atoms with van der Waals surface area (Å²) in [6, 6.07) is 60.3. The van der Waals surface area contributed by atoms with Gasteiger partial charge in [-0.15, -0.1) is 0 Å². The Bertz CT molecular complexity index is 3080. The highest BCUT2D eigenvalue weighted by Crippen LogP contribution is 2.42. The maximum atomic E-state index is 6.88. The smallest absolute Gasteiger partial charge is 0.160 e. The summed E-state index contributed by atoms with van der Waals surface area (Å²) < 4.78 is 6.88. The minimum Gasteiger partial charge on any atom is -0.455 e. The number of fused-ring (bicyclic) bond motifs is 6. The van der Waals surface area contributed by atoms with Crippen LogP contribution in [0.2, 0.25) is 0 Å². The number of furan rings is 1. The number of benzene rings is 8. The van der Waals surface area contributed by atoms with E-state index in [0.717, 1.165) is 71.9 Å². The van der Waals surface area contributed by atoms with Crippen LogP contribution in [0, 0.1) is 6.92 Å². The third kappa shape index (κ3) is 5.78. The number of nitrogens with zero attached hydrogens (tertiary/aromatic N) is 2. The first-order chi connectivity index (χ1) is 27.1. The van der Waals surface area contributed by atoms with E-state index in [1.807, 2.05) is 19.1 Å². The van der Waals surface area contributed by atoms with E-state index in [9.17, 15) is 0 Å². The molecule has 10 rings (SSSR count). The molecular formula is C52H36N2O. The Labute approximate surface area is 319 Å². The van der Waals surface area contributed by atoms with Gasteiger partial charge in [0.05, 0.1) is 11.4 Å². The van der Waals surface area contributed by atoms with Crippen molar-refractivity contribution in [3.63, 3.8) is 0 Å². The van der Waals surface area contributed by atoms with Gasteiger partial charge in [0.15, 0.2) is 5.82 Å². The predicted octanol–water partition coefficient (Wildman–Crippen LogP) is 14.4. The Hall–Kier alpha value is -7.10. The van der Waals surface area contributed by atoms with Crippen LogP contribution >= 0.6 is 0 Å². The zero-order valence-electron chi connectivity index (χ0n) is 30.6. The summed E-state index contributed by atoms with van der Waals surface area (Å²) in [5.41, 5.74) is 13.4. The molecule has 3 heteroatoms. The SMILES string of the molecule is C/C=C\c1nc(-c2cc(-c3ccc(-c4ccc5ccccc5c4)cc3)c3oc4c5ccccc5ccc4c3c2)nc(-c2ccc(-c3ccccc3)cc2)c1C. The van der Waals surface area contributed by atoms with Crippen LogP contribution in [0.15, 0.2) is 180 Å². The highest BCUT2D eigenvalue weighted by atomic mass is 16.3. The standard InChI is InChI=1S/C52H36N2O/c1-3-11-48-33(2)49(40-25-20-36(21-26-40)34-12-5-4-6-13-34)54-52(53-48)43-31-46(51-47(32-43)45-29-28-38-15-9-10-17-44(38)50(45)55-51)39-23-18-37(19-24-39)42-27-22-35-14-7-8-16-41(35)30-42/h3-32H,1-2H3/b11-3-. The Morgan fingerprint density at radius 2 is 1.05 bits per heavy atom. The fourth-order valence-electron chi connectivity index (χ4n) is 7.88. The first kappa shape index (κ1) is 32.5. The highest BCUT2D eigenvalue weighted by Gasteiger charge is 2.20. The van der Waals surface area contributed by atoms with Crippen LogP contribution in [0.1, 0.15) is 18.2 Å². The van der Waals surface area contributed by atoms with Gasteiger partial charge in [0, 0.05) is 38.4 Å². The van der Waals surface area contributed by atoms with E-state index in [1.54, 1.807) is 0 Å². The molecule has 8 aromatic carbocycles. The molecule has 0 unspecified atom stereocenters. The molecule has 260 valence electrons. The van der Waals surface area contributed by atoms with E-state index in [0.29, 0.717) is 5.82 Å². The first-order valence-electron chi connectivity index (χ1n) is 18.8. The van der Waals surface area contributed by atoms with Gasteiger partial charge in [0.2, 0.25) is 0 Å². The van der Waals surface area contributed by atoms with E-state index in [2.05, 4.69) is 177 Å². The van der Waals surface area contributed by atoms with Crippen LogP contribution in [0.4, 0.5) is 0 Å². The maximum absolute atomic E-state index is 6.88. The number of aromatic nitrogens is 2. The van der Waals surface area contributed by atoms with Crippen molar-refractivity contribution in [3.8, 4) is 56.0 Å². The molecule has 0 bridgehead atoms. The second-order valence-electron chi connectivity index (χ2n) is 14.2. The summed E-state index contributed by atoms with van der Waals surface area (Å²) in [5.74, 6) is 0.673. The van der Waals surface area contributed by atoms with Crippen molar-refractivity contribution in [2.24, 2.45) is 0 Å². The largest absolute Gasteiger partial charge is 0.455 e. The molecule has 2 aromatic heterocycles. The molecule has 0 spiro atoms. The minimum atomic E-state index is 0.673. The highest BCUT2D eigenvalue weighted by molar-refractivity contribution is 6.18. The molecule has 2 heterocycles. The summed E-state index contributed by atoms with van der Waals surface area (Å²) in [5, 5.41) is 6.83. The molecule has 3 nitrogen and oxygen atoms in total. The van der Waals surface area contributed by atoms with Gasteiger partial charge in [-0.1, -0.05) is 152 Å². The molecular weight excluding hydrogens is 669 g/mol. The summed E-state index contributed by atoms with van der Waals surface area (Å²) in [4.78, 5) is 10.5. The van der Waals surface area contributed by atoms with Crippen LogP contribution < -0.4 is 0 Å². The fourth-order valence-corrected chi connectivity index (χ4v) is 7.88. The molecule has 0 aliphatic carbocycles. The van der Waals surface area contributed by atoms with E-state index in [1.165, 1.54) is 33.0 Å². The number of allylic oxidation sites excluding steroid dienone is 1. The molecule has 0 aliphatic heterocycles. The Balaban J connectivity index is 1.15. The summed E-state index contributed by atoms with van der Waals surface area (Å²) in [7, 11) is 0. The summed E-state index contributed by atoms with van der Waals surface area (Å²) in [6.45, 7) is 4.14. The zero-order valence-corrected chi connectivity index (χ0v) is 30.6. The number of hydrogen-bond acceptors (Lipinski definition) is 3. The molecule has 0 saturated carbocycles. The van der Waals surface area contributed by atoms with E-state index >= 15 is 0 Å². The Morgan fingerprint density at radius 1 is 0.436 bits per heavy atom. The van der Waals surface area contributed by atoms with Crippen molar-refractivity contribution in [1.29, 1.82) is 0 Å². The molecule has 0 saturated heterocycles. The number of hydrogen-bond donors (Lipinski definition) is 0. The van der Waals surface area contributed by atoms with Gasteiger partial charge >= 0.3 is 0 Å². The lowest BCUT2D eigenvalue weighted by Crippen LogP contribution is -2.00. The molecule has 0 atom stereocenters. The van der Waals surface area contributed by atoms with Crippen molar-refractivity contribution in [2.45, 2.75) is 13.8 Å². The second kappa shape index (κ2) is 13.4. The maximum Gasteiger partial charge on any atom is 0.160 e. The van der Waals surface area contributed by atoms with E-state index in [4.69, 9.17) is 14.4 Å². The van der Waals surface area contributed by atoms with E-state index in [-0.39, 0.29) is 0 Å². The van der Waals surface area contributed by atoms with Gasteiger partial charge in [-0.25, -0.2) is 9.97 Å². The van der Waals surface area contributed by atoms with Gasteiger partial charge in [-0.2, -0.15) is 0 Å². The molecule has 0 fully saturated rings. The van der Waals surface area contributed by atoms with E-state index < -0.39 is 0 Å². The summed E-state index contributed by atoms with van der Waals surface area (Å²) in [6.07, 6.45) is 4.12. The van der Waals surface area contributed by atoms with Crippen molar-refractivity contribution in [1.82, 2.24) is 9.97 Å². The lowest BCUT2D eigenvalue weighted by atomic mass is 9.95. The molecule has 0 aliphatic rings. The zero-order chi connectivity index (χ0) is 36.9. The van der Waals surface area contributed by atoms with Gasteiger partial charge < -0.3 is 4.42 Å². The Kier molecular flexibility index (Phi) is 7.92. The van der Waals surface area contributed by atoms with Crippen molar-refractivity contribution in [3.05, 3.63) is 187 Å². The third-order valence-corrected chi connectivity index (χ3v) is 10.8. The van der Waals surface area contributed by atoms with Crippen molar-refractivity contribution >= 4 is 49.6 Å². The third-order valence-electron chi connectivity index (χ3n) is 10.8. The van der Waals surface area contributed by atoms with Gasteiger partial charge in [0.1, 0.15) is 11.2 Å². The van der Waals surface area contributed by atoms with Crippen LogP contribution in [0.3, 0.4) is 0 Å². The van der Waals surface area contributed by atoms with Crippen LogP contribution in [-0.2, 0) is 0 Å². The molecule has 0 radical (unpaired) electrons. The lowest BCUT2D eigenvalue weighted by molar-refractivity contribution is 0.674. The first-order valence-corrected chi connectivity index (χ1v) is 18.8. The minimum absolute atomic E-state index is 0.673. The molecule has 10 aromatic rings. The molecule has 55 heavy (non-hydrogen) atoms. The topological polar surface area (TPSA) is 38.9 Å². The number of rotatable bonds is 6. The predicted molar refractivity (Wildman–Crippen MR) is 231 cm³/mol. The fraction of sp³-hybridized carbons (Fsp3) is 0.0385. The van der Waals surface area contributed by atoms with Gasteiger partial charge in [-0.3, -0.25) is 0 Å². The molecule has 0 N–H and O–H groups in total. The van der Waals surface area contributed by atoms with Crippen LogP contribution in [-0.4, -0.2) is 9.97 Å². The summed E-state index contributed by atoms with van der Waals surface area (Å²) >= 11 is 0. The molecule has 0 amide bonds. The van der Waals surface area contributed by atoms with Gasteiger partial charge in [0.25, 0.3) is 0 Å². The van der Waals surface area contributed by atoms with Crippen molar-refractivity contribution < 1.29 is 4.42 Å². The average molecular weight is 705 g/mol. The van der Waals surface area contributed by atoms with Crippen LogP contribution in [0.5, 0.6) is 0 Å². The second-order valence-corrected chi connectivity index (χ2v) is 14.2. The Morgan fingerprint density at radius 3 is 1.84 bits per heavy atom. The van der Waals surface area contributed by atoms with Gasteiger partial charge in [-0.05, 0) is 88.2 Å². The normalized spacial score (nSPS) is 11.7. The van der Waals surface area contributed by atoms with Crippen LogP contribution in [0.25, 0.3) is 106 Å². The lowest BCUT2D eigenvalue weighted by Gasteiger charge is -2.13. The quantitative estimate of drug-likeness (QED) is 0.173. The average Bonchev–Trinajstić information content (AvgIpc) is 3.64. The van der Waals surface area contributed by atoms with Crippen molar-refractivity contribution in [2.75, 3.05) is 0 Å².